The van der Waals surface area contributed by atoms with Crippen LogP contribution < -0.4 is 20.1 Å². The average Bonchev–Trinajstić information content (AvgIpc) is 2.85. The molecule has 36 heavy (non-hydrogen) atoms. The number of nitrogens with one attached hydrogen (secondary N) is 2. The summed E-state index contributed by atoms with van der Waals surface area (Å²) in [6.07, 6.45) is 1.47. The van der Waals surface area contributed by atoms with Gasteiger partial charge in [0.1, 0.15) is 11.6 Å². The summed E-state index contributed by atoms with van der Waals surface area (Å²) in [6, 6.07) is 19.4. The molecule has 184 valence electrons. The lowest BCUT2D eigenvalue weighted by Crippen LogP contribution is -2.20. The van der Waals surface area contributed by atoms with E-state index in [1.54, 1.807) is 48.5 Å². The number of anilines is 2. The molecule has 0 saturated carbocycles. The minimum absolute atomic E-state index is 0.0646. The van der Waals surface area contributed by atoms with Crippen molar-refractivity contribution in [3.05, 3.63) is 87.9 Å². The lowest BCUT2D eigenvalue weighted by molar-refractivity contribution is -0.118. The van der Waals surface area contributed by atoms with Gasteiger partial charge in [0, 0.05) is 5.69 Å². The number of carbonyl (C=O) groups excluding carboxylic acids is 2. The van der Waals surface area contributed by atoms with Gasteiger partial charge in [0.25, 0.3) is 11.8 Å². The molecule has 0 atom stereocenters. The Morgan fingerprint density at radius 3 is 2.44 bits per heavy atom. The number of nitrogens with zero attached hydrogens (tertiary/aromatic N) is 1. The van der Waals surface area contributed by atoms with Crippen LogP contribution >= 0.6 is 11.6 Å². The molecule has 0 fully saturated rings. The Hall–Kier alpha value is -4.28. The predicted octanol–water partition coefficient (Wildman–Crippen LogP) is 5.92. The van der Waals surface area contributed by atoms with Gasteiger partial charge in [0.2, 0.25) is 0 Å². The lowest BCUT2D eigenvalue weighted by atomic mass is 10.1. The van der Waals surface area contributed by atoms with Gasteiger partial charge in [-0.25, -0.2) is 0 Å². The second-order valence-electron chi connectivity index (χ2n) is 7.90. The second-order valence-corrected chi connectivity index (χ2v) is 8.31. The number of benzene rings is 3. The van der Waals surface area contributed by atoms with Crippen LogP contribution in [0.3, 0.4) is 0 Å². The average molecular weight is 504 g/mol. The van der Waals surface area contributed by atoms with E-state index in [0.29, 0.717) is 40.1 Å². The van der Waals surface area contributed by atoms with E-state index in [1.165, 1.54) is 6.08 Å². The number of hydrogen-bond donors (Lipinski definition) is 2. The molecule has 2 amide bonds. The SMILES string of the molecule is CCOc1cc(/C=C(\C#N)C(=O)Nc2ccc(C)cc2C)ccc1OCC(=O)Nc1ccccc1Cl. The van der Waals surface area contributed by atoms with Crippen molar-refractivity contribution < 1.29 is 19.1 Å². The fourth-order valence-electron chi connectivity index (χ4n) is 3.35. The zero-order chi connectivity index (χ0) is 26.1. The van der Waals surface area contributed by atoms with Crippen molar-refractivity contribution in [1.82, 2.24) is 0 Å². The van der Waals surface area contributed by atoms with E-state index in [4.69, 9.17) is 21.1 Å². The molecule has 0 aliphatic heterocycles. The number of rotatable bonds is 9. The maximum absolute atomic E-state index is 12.7. The van der Waals surface area contributed by atoms with Crippen molar-refractivity contribution in [2.24, 2.45) is 0 Å². The van der Waals surface area contributed by atoms with Crippen LogP contribution in [0.4, 0.5) is 11.4 Å². The first-order valence-corrected chi connectivity index (χ1v) is 11.6. The smallest absolute Gasteiger partial charge is 0.266 e. The first-order chi connectivity index (χ1) is 17.3. The van der Waals surface area contributed by atoms with Gasteiger partial charge in [-0.1, -0.05) is 47.5 Å². The van der Waals surface area contributed by atoms with E-state index < -0.39 is 5.91 Å². The third-order valence-corrected chi connectivity index (χ3v) is 5.41. The number of hydrogen-bond acceptors (Lipinski definition) is 5. The number of amides is 2. The number of ether oxygens (including phenoxy) is 2. The summed E-state index contributed by atoms with van der Waals surface area (Å²) in [7, 11) is 0. The molecule has 0 spiro atoms. The van der Waals surface area contributed by atoms with Gasteiger partial charge < -0.3 is 20.1 Å². The lowest BCUT2D eigenvalue weighted by Gasteiger charge is -2.13. The number of aryl methyl sites for hydroxylation is 2. The van der Waals surface area contributed by atoms with Crippen LogP contribution in [0.1, 0.15) is 23.6 Å². The van der Waals surface area contributed by atoms with Crippen LogP contribution in [0.5, 0.6) is 11.5 Å². The molecule has 3 rings (SSSR count). The highest BCUT2D eigenvalue weighted by atomic mass is 35.5. The van der Waals surface area contributed by atoms with Gasteiger partial charge >= 0.3 is 0 Å². The van der Waals surface area contributed by atoms with Gasteiger partial charge in [0.15, 0.2) is 18.1 Å². The summed E-state index contributed by atoms with van der Waals surface area (Å²) in [6.45, 7) is 5.76. The third-order valence-electron chi connectivity index (χ3n) is 5.08. The molecule has 8 heteroatoms. The van der Waals surface area contributed by atoms with Crippen molar-refractivity contribution in [2.45, 2.75) is 20.8 Å². The summed E-state index contributed by atoms with van der Waals surface area (Å²) in [4.78, 5) is 25.0. The summed E-state index contributed by atoms with van der Waals surface area (Å²) < 4.78 is 11.3. The van der Waals surface area contributed by atoms with Crippen molar-refractivity contribution in [3.8, 4) is 17.6 Å². The van der Waals surface area contributed by atoms with E-state index in [9.17, 15) is 14.9 Å². The Morgan fingerprint density at radius 2 is 1.75 bits per heavy atom. The first-order valence-electron chi connectivity index (χ1n) is 11.2. The number of para-hydroxylation sites is 1. The third kappa shape index (κ3) is 7.11. The van der Waals surface area contributed by atoms with Crippen LogP contribution in [0, 0.1) is 25.2 Å². The Kier molecular flexibility index (Phi) is 9.09. The molecule has 0 saturated heterocycles. The van der Waals surface area contributed by atoms with E-state index >= 15 is 0 Å². The Labute approximate surface area is 215 Å². The number of carbonyl (C=O) groups is 2. The van der Waals surface area contributed by atoms with Crippen LogP contribution in [0.25, 0.3) is 6.08 Å². The van der Waals surface area contributed by atoms with Crippen LogP contribution in [0.2, 0.25) is 5.02 Å². The molecular formula is C28H26ClN3O4. The molecule has 0 unspecified atom stereocenters. The van der Waals surface area contributed by atoms with Gasteiger partial charge in [-0.15, -0.1) is 0 Å². The first kappa shape index (κ1) is 26.3. The highest BCUT2D eigenvalue weighted by molar-refractivity contribution is 6.33. The van der Waals surface area contributed by atoms with Gasteiger partial charge in [-0.2, -0.15) is 5.26 Å². The predicted molar refractivity (Wildman–Crippen MR) is 141 cm³/mol. The standard InChI is InChI=1S/C28H26ClN3O4/c1-4-35-26-15-20(14-21(16-30)28(34)32-23-11-9-18(2)13-19(23)3)10-12-25(26)36-17-27(33)31-24-8-6-5-7-22(24)29/h5-15H,4,17H2,1-3H3,(H,31,33)(H,32,34)/b21-14+. The van der Waals surface area contributed by atoms with Crippen molar-refractivity contribution in [2.75, 3.05) is 23.8 Å². The summed E-state index contributed by atoms with van der Waals surface area (Å²) in [5.41, 5.74) is 3.61. The maximum atomic E-state index is 12.7. The molecule has 0 aliphatic rings. The van der Waals surface area contributed by atoms with Gasteiger partial charge in [-0.3, -0.25) is 9.59 Å². The van der Waals surface area contributed by atoms with Crippen molar-refractivity contribution >= 4 is 40.9 Å². The molecule has 2 N–H and O–H groups in total. The zero-order valence-electron chi connectivity index (χ0n) is 20.2. The van der Waals surface area contributed by atoms with E-state index in [-0.39, 0.29) is 18.1 Å². The summed E-state index contributed by atoms with van der Waals surface area (Å²) in [5.74, 6) is -0.172. The van der Waals surface area contributed by atoms with Crippen molar-refractivity contribution in [3.63, 3.8) is 0 Å². The molecule has 3 aromatic carbocycles. The topological polar surface area (TPSA) is 100 Å². The number of halogens is 1. The van der Waals surface area contributed by atoms with E-state index in [1.807, 2.05) is 39.0 Å². The molecule has 7 nitrogen and oxygen atoms in total. The Morgan fingerprint density at radius 1 is 0.972 bits per heavy atom. The molecule has 0 radical (unpaired) electrons. The van der Waals surface area contributed by atoms with E-state index in [2.05, 4.69) is 10.6 Å². The highest BCUT2D eigenvalue weighted by Crippen LogP contribution is 2.30. The van der Waals surface area contributed by atoms with E-state index in [0.717, 1.165) is 11.1 Å². The van der Waals surface area contributed by atoms with Gasteiger partial charge in [0.05, 0.1) is 17.3 Å². The normalized spacial score (nSPS) is 10.8. The molecule has 0 aliphatic carbocycles. The summed E-state index contributed by atoms with van der Waals surface area (Å²) >= 11 is 6.07. The van der Waals surface area contributed by atoms with Crippen LogP contribution in [-0.4, -0.2) is 25.0 Å². The monoisotopic (exact) mass is 503 g/mol. The minimum atomic E-state index is -0.515. The fraction of sp³-hybridized carbons (Fsp3) is 0.179. The fourth-order valence-corrected chi connectivity index (χ4v) is 3.54. The minimum Gasteiger partial charge on any atom is -0.490 e. The Bertz CT molecular complexity index is 1340. The quantitative estimate of drug-likeness (QED) is 0.279. The van der Waals surface area contributed by atoms with Gasteiger partial charge in [-0.05, 0) is 68.3 Å². The zero-order valence-corrected chi connectivity index (χ0v) is 21.0. The number of nitriles is 1. The molecule has 3 aromatic rings. The molecule has 0 aromatic heterocycles. The van der Waals surface area contributed by atoms with Crippen molar-refractivity contribution in [1.29, 1.82) is 5.26 Å². The Balaban J connectivity index is 1.73. The van der Waals surface area contributed by atoms with Crippen LogP contribution in [0.15, 0.2) is 66.2 Å². The molecular weight excluding hydrogens is 478 g/mol. The van der Waals surface area contributed by atoms with Crippen LogP contribution in [-0.2, 0) is 9.59 Å². The maximum Gasteiger partial charge on any atom is 0.266 e. The highest BCUT2D eigenvalue weighted by Gasteiger charge is 2.14. The largest absolute Gasteiger partial charge is 0.490 e. The second kappa shape index (κ2) is 12.4. The molecule has 0 heterocycles. The summed E-state index contributed by atoms with van der Waals surface area (Å²) in [5, 5.41) is 15.5. The molecule has 0 bridgehead atoms.